The lowest BCUT2D eigenvalue weighted by atomic mass is 10.4. The van der Waals surface area contributed by atoms with E-state index >= 15 is 0 Å². The van der Waals surface area contributed by atoms with Crippen LogP contribution < -0.4 is 10.6 Å². The topological polar surface area (TPSA) is 58.2 Å². The zero-order valence-corrected chi connectivity index (χ0v) is 6.94. The molecular formula is C7H14N2O2. The van der Waals surface area contributed by atoms with E-state index in [4.69, 9.17) is 0 Å². The summed E-state index contributed by atoms with van der Waals surface area (Å²) in [6.07, 6.45) is 0.815. The Labute approximate surface area is 66.4 Å². The summed E-state index contributed by atoms with van der Waals surface area (Å²) in [7, 11) is 1.57. The van der Waals surface area contributed by atoms with Crippen molar-refractivity contribution in [1.29, 1.82) is 0 Å². The van der Waals surface area contributed by atoms with E-state index in [1.807, 2.05) is 0 Å². The standard InChI is InChI=1S/C7H14N2O2/c1-3-6(10)9-5-4-7(11)8-2/h3-5H2,1-2H3,(H,8,11)(H,9,10). The van der Waals surface area contributed by atoms with Crippen LogP contribution in [0.3, 0.4) is 0 Å². The molecule has 4 heteroatoms. The Morgan fingerprint density at radius 2 is 1.91 bits per heavy atom. The van der Waals surface area contributed by atoms with Crippen molar-refractivity contribution in [3.05, 3.63) is 0 Å². The average molecular weight is 158 g/mol. The molecule has 0 aliphatic heterocycles. The van der Waals surface area contributed by atoms with E-state index in [1.165, 1.54) is 0 Å². The zero-order valence-electron chi connectivity index (χ0n) is 6.94. The first-order valence-electron chi connectivity index (χ1n) is 3.68. The van der Waals surface area contributed by atoms with Gasteiger partial charge in [0.15, 0.2) is 0 Å². The van der Waals surface area contributed by atoms with Gasteiger partial charge in [-0.2, -0.15) is 0 Å². The van der Waals surface area contributed by atoms with E-state index in [0.29, 0.717) is 19.4 Å². The summed E-state index contributed by atoms with van der Waals surface area (Å²) in [6.45, 7) is 2.20. The maximum atomic E-state index is 10.6. The van der Waals surface area contributed by atoms with Crippen LogP contribution in [0.5, 0.6) is 0 Å². The van der Waals surface area contributed by atoms with Crippen LogP contribution in [0.15, 0.2) is 0 Å². The van der Waals surface area contributed by atoms with E-state index in [0.717, 1.165) is 0 Å². The van der Waals surface area contributed by atoms with Crippen LogP contribution in [-0.4, -0.2) is 25.4 Å². The van der Waals surface area contributed by atoms with Crippen molar-refractivity contribution in [1.82, 2.24) is 10.6 Å². The fourth-order valence-electron chi connectivity index (χ4n) is 0.565. The van der Waals surface area contributed by atoms with Gasteiger partial charge in [-0.3, -0.25) is 9.59 Å². The van der Waals surface area contributed by atoms with Crippen LogP contribution in [0, 0.1) is 0 Å². The molecule has 0 aromatic carbocycles. The van der Waals surface area contributed by atoms with Gasteiger partial charge in [0.1, 0.15) is 0 Å². The van der Waals surface area contributed by atoms with Crippen molar-refractivity contribution in [2.75, 3.05) is 13.6 Å². The third kappa shape index (κ3) is 5.39. The molecule has 0 aromatic heterocycles. The number of carbonyl (C=O) groups excluding carboxylic acids is 2. The van der Waals surface area contributed by atoms with Gasteiger partial charge in [0.05, 0.1) is 0 Å². The summed E-state index contributed by atoms with van der Waals surface area (Å²) < 4.78 is 0. The van der Waals surface area contributed by atoms with Crippen LogP contribution in [0.4, 0.5) is 0 Å². The van der Waals surface area contributed by atoms with Gasteiger partial charge in [0.2, 0.25) is 11.8 Å². The van der Waals surface area contributed by atoms with Gasteiger partial charge in [-0.05, 0) is 0 Å². The SMILES string of the molecule is CCC(=O)NCCC(=O)NC. The minimum Gasteiger partial charge on any atom is -0.359 e. The first-order chi connectivity index (χ1) is 5.20. The van der Waals surface area contributed by atoms with Crippen LogP contribution >= 0.6 is 0 Å². The molecule has 64 valence electrons. The molecule has 4 nitrogen and oxygen atoms in total. The summed E-state index contributed by atoms with van der Waals surface area (Å²) in [5.41, 5.74) is 0. The van der Waals surface area contributed by atoms with Crippen LogP contribution in [0.25, 0.3) is 0 Å². The summed E-state index contributed by atoms with van der Waals surface area (Å²) in [5, 5.41) is 5.06. The Balaban J connectivity index is 3.27. The largest absolute Gasteiger partial charge is 0.359 e. The van der Waals surface area contributed by atoms with Gasteiger partial charge in [-0.15, -0.1) is 0 Å². The molecule has 0 fully saturated rings. The molecule has 2 amide bonds. The highest BCUT2D eigenvalue weighted by Gasteiger charge is 1.98. The molecule has 0 aliphatic rings. The Morgan fingerprint density at radius 3 is 2.36 bits per heavy atom. The van der Waals surface area contributed by atoms with E-state index in [1.54, 1.807) is 14.0 Å². The van der Waals surface area contributed by atoms with Crippen molar-refractivity contribution in [3.8, 4) is 0 Å². The molecule has 0 heterocycles. The average Bonchev–Trinajstić information content (AvgIpc) is 2.04. The quantitative estimate of drug-likeness (QED) is 0.587. The molecule has 0 saturated heterocycles. The molecule has 0 bridgehead atoms. The van der Waals surface area contributed by atoms with Crippen molar-refractivity contribution in [3.63, 3.8) is 0 Å². The molecule has 0 atom stereocenters. The molecule has 0 saturated carbocycles. The monoisotopic (exact) mass is 158 g/mol. The first-order valence-corrected chi connectivity index (χ1v) is 3.68. The third-order valence-electron chi connectivity index (χ3n) is 1.27. The van der Waals surface area contributed by atoms with Gasteiger partial charge >= 0.3 is 0 Å². The molecule has 0 rings (SSSR count). The Morgan fingerprint density at radius 1 is 1.27 bits per heavy atom. The summed E-state index contributed by atoms with van der Waals surface area (Å²) in [6, 6.07) is 0. The second kappa shape index (κ2) is 5.70. The first kappa shape index (κ1) is 9.94. The summed E-state index contributed by atoms with van der Waals surface area (Å²) >= 11 is 0. The molecule has 2 N–H and O–H groups in total. The van der Waals surface area contributed by atoms with E-state index < -0.39 is 0 Å². The lowest BCUT2D eigenvalue weighted by Gasteiger charge is -2.01. The molecule has 0 unspecified atom stereocenters. The molecule has 11 heavy (non-hydrogen) atoms. The van der Waals surface area contributed by atoms with Crippen molar-refractivity contribution in [2.45, 2.75) is 19.8 Å². The Bertz CT molecular complexity index is 129. The summed E-state index contributed by atoms with van der Waals surface area (Å²) in [5.74, 6) is -0.0738. The number of amides is 2. The predicted molar refractivity (Wildman–Crippen MR) is 42.0 cm³/mol. The second-order valence-electron chi connectivity index (χ2n) is 2.13. The Hall–Kier alpha value is -1.06. The molecular weight excluding hydrogens is 144 g/mol. The summed E-state index contributed by atoms with van der Waals surface area (Å²) in [4.78, 5) is 21.3. The normalized spacial score (nSPS) is 8.91. The van der Waals surface area contributed by atoms with E-state index in [2.05, 4.69) is 10.6 Å². The molecule has 0 aliphatic carbocycles. The second-order valence-corrected chi connectivity index (χ2v) is 2.13. The van der Waals surface area contributed by atoms with E-state index in [-0.39, 0.29) is 11.8 Å². The lowest BCUT2D eigenvalue weighted by molar-refractivity contribution is -0.121. The maximum Gasteiger partial charge on any atom is 0.221 e. The van der Waals surface area contributed by atoms with Gasteiger partial charge in [-0.25, -0.2) is 0 Å². The fraction of sp³-hybridized carbons (Fsp3) is 0.714. The maximum absolute atomic E-state index is 10.6. The highest BCUT2D eigenvalue weighted by molar-refractivity contribution is 5.78. The smallest absolute Gasteiger partial charge is 0.221 e. The Kier molecular flexibility index (Phi) is 5.15. The number of rotatable bonds is 4. The fourth-order valence-corrected chi connectivity index (χ4v) is 0.565. The van der Waals surface area contributed by atoms with Crippen molar-refractivity contribution < 1.29 is 9.59 Å². The molecule has 0 spiro atoms. The van der Waals surface area contributed by atoms with Crippen molar-refractivity contribution >= 4 is 11.8 Å². The number of carbonyl (C=O) groups is 2. The van der Waals surface area contributed by atoms with Gasteiger partial charge in [-0.1, -0.05) is 6.92 Å². The number of hydrogen-bond donors (Lipinski definition) is 2. The lowest BCUT2D eigenvalue weighted by Crippen LogP contribution is -2.28. The van der Waals surface area contributed by atoms with Gasteiger partial charge < -0.3 is 10.6 Å². The van der Waals surface area contributed by atoms with Crippen LogP contribution in [0.1, 0.15) is 19.8 Å². The zero-order chi connectivity index (χ0) is 8.69. The van der Waals surface area contributed by atoms with Gasteiger partial charge in [0.25, 0.3) is 0 Å². The highest BCUT2D eigenvalue weighted by Crippen LogP contribution is 1.78. The van der Waals surface area contributed by atoms with E-state index in [9.17, 15) is 9.59 Å². The van der Waals surface area contributed by atoms with Gasteiger partial charge in [0, 0.05) is 26.4 Å². The van der Waals surface area contributed by atoms with Crippen LogP contribution in [-0.2, 0) is 9.59 Å². The molecule has 0 radical (unpaired) electrons. The molecule has 0 aromatic rings. The highest BCUT2D eigenvalue weighted by atomic mass is 16.2. The van der Waals surface area contributed by atoms with Crippen LogP contribution in [0.2, 0.25) is 0 Å². The minimum atomic E-state index is -0.0543. The third-order valence-corrected chi connectivity index (χ3v) is 1.27. The predicted octanol–water partition coefficient (Wildman–Crippen LogP) is -0.351. The van der Waals surface area contributed by atoms with Crippen molar-refractivity contribution in [2.24, 2.45) is 0 Å². The minimum absolute atomic E-state index is 0.0195. The number of hydrogen-bond acceptors (Lipinski definition) is 2. The number of nitrogens with one attached hydrogen (secondary N) is 2.